The predicted octanol–water partition coefficient (Wildman–Crippen LogP) is 0.614. The van der Waals surface area contributed by atoms with Crippen LogP contribution in [0.3, 0.4) is 0 Å². The maximum absolute atomic E-state index is 10.5. The number of carbonyl (C=O) groups is 1. The van der Waals surface area contributed by atoms with Crippen molar-refractivity contribution in [3.63, 3.8) is 0 Å². The number of hydrazine groups is 1. The Morgan fingerprint density at radius 2 is 2.00 bits per heavy atom. The summed E-state index contributed by atoms with van der Waals surface area (Å²) in [6.45, 7) is 6.23. The van der Waals surface area contributed by atoms with Crippen LogP contribution in [0.25, 0.3) is 0 Å². The Bertz CT molecular complexity index is 191. The zero-order valence-corrected chi connectivity index (χ0v) is 10.1. The molecule has 0 radical (unpaired) electrons. The second-order valence-corrected chi connectivity index (χ2v) is 2.87. The number of Topliss-reactive ketones (excluding diaryl/α,β-unsaturated/α-hetero) is 1. The van der Waals surface area contributed by atoms with Crippen molar-refractivity contribution in [1.82, 2.24) is 5.01 Å². The summed E-state index contributed by atoms with van der Waals surface area (Å²) >= 11 is 0. The molecule has 0 aliphatic carbocycles. The van der Waals surface area contributed by atoms with Gasteiger partial charge in [-0.1, -0.05) is 13.8 Å². The van der Waals surface area contributed by atoms with Crippen molar-refractivity contribution >= 4 is 5.78 Å². The van der Waals surface area contributed by atoms with E-state index in [0.717, 1.165) is 0 Å². The first-order valence-electron chi connectivity index (χ1n) is 5.03. The Labute approximate surface area is 92.0 Å². The summed E-state index contributed by atoms with van der Waals surface area (Å²) < 4.78 is 5.11. The molecule has 5 nitrogen and oxygen atoms in total. The molecule has 0 spiro atoms. The van der Waals surface area contributed by atoms with E-state index < -0.39 is 0 Å². The minimum atomic E-state index is 0.110. The third-order valence-electron chi connectivity index (χ3n) is 1.24. The minimum Gasteiger partial charge on any atom is -0.399 e. The van der Waals surface area contributed by atoms with E-state index in [9.17, 15) is 4.79 Å². The highest BCUT2D eigenvalue weighted by molar-refractivity contribution is 5.75. The van der Waals surface area contributed by atoms with Gasteiger partial charge in [0.05, 0.1) is 18.9 Å². The number of hydrogen-bond donors (Lipinski definition) is 2. The van der Waals surface area contributed by atoms with Gasteiger partial charge in [-0.2, -0.15) is 0 Å². The molecule has 5 heteroatoms. The molecule has 15 heavy (non-hydrogen) atoms. The number of ether oxygens (including phenoxy) is 1. The Morgan fingerprint density at radius 1 is 1.47 bits per heavy atom. The molecule has 0 atom stereocenters. The SMILES string of the molecule is CC.CC(=O)CCOC/C(N)=C/N(C)N. The monoisotopic (exact) mass is 217 g/mol. The Morgan fingerprint density at radius 3 is 2.40 bits per heavy atom. The van der Waals surface area contributed by atoms with Gasteiger partial charge in [-0.15, -0.1) is 0 Å². The molecule has 0 heterocycles. The van der Waals surface area contributed by atoms with Crippen molar-refractivity contribution in [3.05, 3.63) is 11.9 Å². The molecule has 0 aliphatic rings. The van der Waals surface area contributed by atoms with E-state index in [1.54, 1.807) is 13.2 Å². The van der Waals surface area contributed by atoms with Crippen molar-refractivity contribution < 1.29 is 9.53 Å². The highest BCUT2D eigenvalue weighted by Gasteiger charge is 1.95. The van der Waals surface area contributed by atoms with Crippen LogP contribution in [0.4, 0.5) is 0 Å². The highest BCUT2D eigenvalue weighted by Crippen LogP contribution is 1.89. The van der Waals surface area contributed by atoms with E-state index in [1.807, 2.05) is 13.8 Å². The molecule has 0 amide bonds. The molecule has 0 saturated heterocycles. The van der Waals surface area contributed by atoms with Crippen LogP contribution in [0.1, 0.15) is 27.2 Å². The number of carbonyl (C=O) groups excluding carboxylic acids is 1. The van der Waals surface area contributed by atoms with Crippen molar-refractivity contribution in [1.29, 1.82) is 0 Å². The van der Waals surface area contributed by atoms with Crippen molar-refractivity contribution in [2.24, 2.45) is 11.6 Å². The van der Waals surface area contributed by atoms with Gasteiger partial charge in [0.2, 0.25) is 0 Å². The maximum Gasteiger partial charge on any atom is 0.132 e. The van der Waals surface area contributed by atoms with Crippen LogP contribution in [0.5, 0.6) is 0 Å². The average molecular weight is 217 g/mol. The van der Waals surface area contributed by atoms with Gasteiger partial charge in [-0.05, 0) is 6.92 Å². The summed E-state index contributed by atoms with van der Waals surface area (Å²) in [5, 5.41) is 1.35. The third-order valence-corrected chi connectivity index (χ3v) is 1.24. The van der Waals surface area contributed by atoms with Crippen molar-refractivity contribution in [2.45, 2.75) is 27.2 Å². The standard InChI is InChI=1S/C8H17N3O2.C2H6/c1-7(12)3-4-13-6-8(9)5-11(2)10;1-2/h5H,3-4,6,9-10H2,1-2H3;1-2H3/b8-5-;. The van der Waals surface area contributed by atoms with Crippen molar-refractivity contribution in [3.8, 4) is 0 Å². The lowest BCUT2D eigenvalue weighted by atomic mass is 10.3. The number of ketones is 1. The molecule has 0 aromatic carbocycles. The summed E-state index contributed by atoms with van der Waals surface area (Å²) in [6, 6.07) is 0. The smallest absolute Gasteiger partial charge is 0.132 e. The molecule has 0 aromatic rings. The van der Waals surface area contributed by atoms with Gasteiger partial charge in [-0.3, -0.25) is 4.79 Å². The van der Waals surface area contributed by atoms with Crippen LogP contribution in [0.15, 0.2) is 11.9 Å². The number of nitrogens with two attached hydrogens (primary N) is 2. The lowest BCUT2D eigenvalue weighted by Crippen LogP contribution is -2.22. The maximum atomic E-state index is 10.5. The largest absolute Gasteiger partial charge is 0.399 e. The fraction of sp³-hybridized carbons (Fsp3) is 0.700. The van der Waals surface area contributed by atoms with Crippen LogP contribution in [-0.4, -0.2) is 31.1 Å². The summed E-state index contributed by atoms with van der Waals surface area (Å²) in [6.07, 6.45) is 1.99. The summed E-state index contributed by atoms with van der Waals surface area (Å²) in [7, 11) is 1.67. The van der Waals surface area contributed by atoms with Crippen LogP contribution < -0.4 is 11.6 Å². The Hall–Kier alpha value is -1.07. The molecule has 0 unspecified atom stereocenters. The summed E-state index contributed by atoms with van der Waals surface area (Å²) in [5.41, 5.74) is 6.06. The highest BCUT2D eigenvalue weighted by atomic mass is 16.5. The first-order valence-corrected chi connectivity index (χ1v) is 5.03. The molecule has 0 rings (SSSR count). The average Bonchev–Trinajstić information content (AvgIpc) is 2.14. The number of hydrogen-bond acceptors (Lipinski definition) is 5. The van der Waals surface area contributed by atoms with Crippen LogP contribution in [-0.2, 0) is 9.53 Å². The lowest BCUT2D eigenvalue weighted by molar-refractivity contribution is -0.117. The topological polar surface area (TPSA) is 81.6 Å². The number of rotatable bonds is 6. The van der Waals surface area contributed by atoms with E-state index >= 15 is 0 Å². The van der Waals surface area contributed by atoms with Gasteiger partial charge in [-0.25, -0.2) is 5.84 Å². The quantitative estimate of drug-likeness (QED) is 0.387. The van der Waals surface area contributed by atoms with Gasteiger partial charge in [0, 0.05) is 19.7 Å². The zero-order valence-electron chi connectivity index (χ0n) is 10.1. The van der Waals surface area contributed by atoms with E-state index in [0.29, 0.717) is 25.3 Å². The van der Waals surface area contributed by atoms with Crippen molar-refractivity contribution in [2.75, 3.05) is 20.3 Å². The summed E-state index contributed by atoms with van der Waals surface area (Å²) in [5.74, 6) is 5.42. The normalized spacial score (nSPS) is 10.3. The van der Waals surface area contributed by atoms with E-state index in [-0.39, 0.29) is 5.78 Å². The van der Waals surface area contributed by atoms with E-state index in [4.69, 9.17) is 16.3 Å². The third kappa shape index (κ3) is 15.7. The first-order chi connectivity index (χ1) is 7.02. The fourth-order valence-electron chi connectivity index (χ4n) is 0.705. The molecule has 4 N–H and O–H groups in total. The van der Waals surface area contributed by atoms with Gasteiger partial charge >= 0.3 is 0 Å². The minimum absolute atomic E-state index is 0.110. The zero-order chi connectivity index (χ0) is 12.3. The van der Waals surface area contributed by atoms with Gasteiger partial charge in [0.25, 0.3) is 0 Å². The Balaban J connectivity index is 0. The first kappa shape index (κ1) is 16.4. The van der Waals surface area contributed by atoms with Crippen LogP contribution in [0.2, 0.25) is 0 Å². The molecular formula is C10H23N3O2. The van der Waals surface area contributed by atoms with E-state index in [2.05, 4.69) is 0 Å². The van der Waals surface area contributed by atoms with Gasteiger partial charge in [0.1, 0.15) is 5.78 Å². The molecular weight excluding hydrogens is 194 g/mol. The molecule has 90 valence electrons. The molecule has 0 aliphatic heterocycles. The molecule has 0 bridgehead atoms. The fourth-order valence-corrected chi connectivity index (χ4v) is 0.705. The molecule has 0 saturated carbocycles. The van der Waals surface area contributed by atoms with Crippen LogP contribution >= 0.6 is 0 Å². The second-order valence-electron chi connectivity index (χ2n) is 2.87. The van der Waals surface area contributed by atoms with Crippen LogP contribution in [0, 0.1) is 0 Å². The Kier molecular flexibility index (Phi) is 12.0. The summed E-state index contributed by atoms with van der Waals surface area (Å²) in [4.78, 5) is 10.5. The molecule has 0 fully saturated rings. The second kappa shape index (κ2) is 11.0. The number of nitrogens with zero attached hydrogens (tertiary/aromatic N) is 1. The predicted molar refractivity (Wildman–Crippen MR) is 61.7 cm³/mol. The van der Waals surface area contributed by atoms with E-state index in [1.165, 1.54) is 11.9 Å². The lowest BCUT2D eigenvalue weighted by Gasteiger charge is -2.07. The van der Waals surface area contributed by atoms with Gasteiger partial charge < -0.3 is 15.5 Å². The van der Waals surface area contributed by atoms with Gasteiger partial charge in [0.15, 0.2) is 0 Å². The molecule has 0 aromatic heterocycles.